The monoisotopic (exact) mass is 209 g/mol. The van der Waals surface area contributed by atoms with E-state index in [9.17, 15) is 0 Å². The normalized spacial score (nSPS) is 13.3. The van der Waals surface area contributed by atoms with Gasteiger partial charge in [0.1, 0.15) is 0 Å². The van der Waals surface area contributed by atoms with E-state index in [2.05, 4.69) is 23.5 Å². The molecule has 0 aromatic heterocycles. The van der Waals surface area contributed by atoms with Crippen LogP contribution >= 0.6 is 11.6 Å². The summed E-state index contributed by atoms with van der Waals surface area (Å²) in [5, 5.41) is 3.37. The van der Waals surface area contributed by atoms with Gasteiger partial charge in [0.05, 0.1) is 0 Å². The molecule has 0 saturated carbocycles. The molecule has 1 N–H and O–H groups in total. The van der Waals surface area contributed by atoms with Crippen molar-refractivity contribution >= 4 is 11.6 Å². The third kappa shape index (κ3) is 3.52. The molecule has 0 aliphatic heterocycles. The third-order valence-electron chi connectivity index (χ3n) is 2.07. The van der Waals surface area contributed by atoms with E-state index in [0.29, 0.717) is 5.88 Å². The maximum absolute atomic E-state index is 5.89. The highest BCUT2D eigenvalue weighted by atomic mass is 35.5. The van der Waals surface area contributed by atoms with Crippen LogP contribution in [0.3, 0.4) is 0 Å². The Morgan fingerprint density at radius 2 is 2.07 bits per heavy atom. The number of rotatable bonds is 5. The van der Waals surface area contributed by atoms with Crippen molar-refractivity contribution in [1.29, 1.82) is 0 Å². The van der Waals surface area contributed by atoms with Crippen molar-refractivity contribution in [1.82, 2.24) is 5.32 Å². The first-order valence-corrected chi connectivity index (χ1v) is 5.37. The molecule has 0 saturated heterocycles. The second-order valence-electron chi connectivity index (χ2n) is 3.09. The van der Waals surface area contributed by atoms with E-state index in [1.165, 1.54) is 5.56 Å². The molecule has 0 amide bonds. The first-order chi connectivity index (χ1) is 6.88. The van der Waals surface area contributed by atoms with Crippen LogP contribution in [0.25, 0.3) is 0 Å². The van der Waals surface area contributed by atoms with Crippen LogP contribution in [0.1, 0.15) is 18.5 Å². The quantitative estimate of drug-likeness (QED) is 0.581. The molecule has 0 bridgehead atoms. The number of nitrogens with one attached hydrogen (secondary N) is 1. The van der Waals surface area contributed by atoms with Crippen molar-refractivity contribution in [2.45, 2.75) is 13.0 Å². The van der Waals surface area contributed by atoms with E-state index in [-0.39, 0.29) is 6.04 Å². The lowest BCUT2D eigenvalue weighted by Gasteiger charge is -2.14. The Labute approximate surface area is 90.8 Å². The lowest BCUT2D eigenvalue weighted by Crippen LogP contribution is -2.22. The van der Waals surface area contributed by atoms with E-state index in [1.54, 1.807) is 0 Å². The molecule has 0 spiro atoms. The highest BCUT2D eigenvalue weighted by molar-refractivity contribution is 6.18. The molecule has 0 aliphatic rings. The van der Waals surface area contributed by atoms with Crippen LogP contribution in [0.5, 0.6) is 0 Å². The smallest absolute Gasteiger partial charge is 0.0459 e. The molecule has 0 aliphatic carbocycles. The average Bonchev–Trinajstić information content (AvgIpc) is 2.26. The Bertz CT molecular complexity index is 269. The van der Waals surface area contributed by atoms with Crippen molar-refractivity contribution in [2.24, 2.45) is 0 Å². The van der Waals surface area contributed by atoms with Crippen molar-refractivity contribution < 1.29 is 0 Å². The van der Waals surface area contributed by atoms with Gasteiger partial charge < -0.3 is 5.32 Å². The zero-order chi connectivity index (χ0) is 10.2. The van der Waals surface area contributed by atoms with Gasteiger partial charge in [-0.2, -0.15) is 0 Å². The lowest BCUT2D eigenvalue weighted by molar-refractivity contribution is 0.623. The van der Waals surface area contributed by atoms with Gasteiger partial charge in [0.15, 0.2) is 0 Å². The number of halogens is 1. The first-order valence-electron chi connectivity index (χ1n) is 4.84. The Balaban J connectivity index is 2.54. The van der Waals surface area contributed by atoms with E-state index in [0.717, 1.165) is 6.54 Å². The van der Waals surface area contributed by atoms with E-state index in [1.807, 2.05) is 31.2 Å². The Morgan fingerprint density at radius 3 is 2.64 bits per heavy atom. The molecule has 0 heterocycles. The summed E-state index contributed by atoms with van der Waals surface area (Å²) in [5.41, 5.74) is 1.24. The molecule has 1 nitrogen and oxygen atoms in total. The molecule has 1 atom stereocenters. The highest BCUT2D eigenvalue weighted by Crippen LogP contribution is 2.13. The molecule has 1 rings (SSSR count). The number of hydrogen-bond acceptors (Lipinski definition) is 1. The van der Waals surface area contributed by atoms with E-state index in [4.69, 9.17) is 11.6 Å². The van der Waals surface area contributed by atoms with Crippen molar-refractivity contribution in [3.05, 3.63) is 48.0 Å². The molecular formula is C12H16ClN. The predicted octanol–water partition coefficient (Wildman–Crippen LogP) is 3.13. The van der Waals surface area contributed by atoms with Gasteiger partial charge in [0.2, 0.25) is 0 Å². The number of hydrogen-bond donors (Lipinski definition) is 1. The molecule has 76 valence electrons. The molecule has 1 aromatic carbocycles. The fraction of sp³-hybridized carbons (Fsp3) is 0.333. The second kappa shape index (κ2) is 6.63. The van der Waals surface area contributed by atoms with Gasteiger partial charge in [-0.25, -0.2) is 0 Å². The highest BCUT2D eigenvalue weighted by Gasteiger charge is 2.06. The van der Waals surface area contributed by atoms with Crippen molar-refractivity contribution in [2.75, 3.05) is 12.4 Å². The molecular weight excluding hydrogens is 194 g/mol. The molecule has 1 unspecified atom stereocenters. The molecule has 0 radical (unpaired) electrons. The van der Waals surface area contributed by atoms with Crippen LogP contribution in [0, 0.1) is 0 Å². The minimum absolute atomic E-state index is 0.245. The number of alkyl halides is 1. The van der Waals surface area contributed by atoms with Crippen LogP contribution in [0.4, 0.5) is 0 Å². The molecule has 0 fully saturated rings. The summed E-state index contributed by atoms with van der Waals surface area (Å²) in [5.74, 6) is 0.599. The second-order valence-corrected chi connectivity index (χ2v) is 3.40. The Kier molecular flexibility index (Phi) is 5.35. The van der Waals surface area contributed by atoms with Crippen LogP contribution in [0.2, 0.25) is 0 Å². The van der Waals surface area contributed by atoms with Gasteiger partial charge >= 0.3 is 0 Å². The summed E-state index contributed by atoms with van der Waals surface area (Å²) in [6.45, 7) is 2.88. The fourth-order valence-corrected chi connectivity index (χ4v) is 1.56. The van der Waals surface area contributed by atoms with Crippen LogP contribution in [0.15, 0.2) is 42.5 Å². The standard InChI is InChI=1S/C12H16ClN/c1-2-3-9-14-12(10-13)11-7-5-4-6-8-11/h2-8,12,14H,9-10H2,1H3/b3-2+. The number of benzene rings is 1. The molecule has 1 aromatic rings. The van der Waals surface area contributed by atoms with E-state index >= 15 is 0 Å². The van der Waals surface area contributed by atoms with Crippen LogP contribution < -0.4 is 5.32 Å². The van der Waals surface area contributed by atoms with Crippen LogP contribution in [-0.2, 0) is 0 Å². The van der Waals surface area contributed by atoms with Gasteiger partial charge in [0, 0.05) is 18.5 Å². The fourth-order valence-electron chi connectivity index (χ4n) is 1.27. The zero-order valence-corrected chi connectivity index (χ0v) is 9.17. The zero-order valence-electron chi connectivity index (χ0n) is 8.41. The van der Waals surface area contributed by atoms with Gasteiger partial charge in [-0.3, -0.25) is 0 Å². The summed E-state index contributed by atoms with van der Waals surface area (Å²) >= 11 is 5.89. The minimum Gasteiger partial charge on any atom is -0.305 e. The van der Waals surface area contributed by atoms with Gasteiger partial charge in [-0.05, 0) is 12.5 Å². The van der Waals surface area contributed by atoms with Gasteiger partial charge in [-0.1, -0.05) is 42.5 Å². The topological polar surface area (TPSA) is 12.0 Å². The Morgan fingerprint density at radius 1 is 1.36 bits per heavy atom. The van der Waals surface area contributed by atoms with Gasteiger partial charge in [0.25, 0.3) is 0 Å². The Hall–Kier alpha value is -0.790. The number of allylic oxidation sites excluding steroid dienone is 1. The summed E-state index contributed by atoms with van der Waals surface area (Å²) < 4.78 is 0. The molecule has 2 heteroatoms. The maximum Gasteiger partial charge on any atom is 0.0459 e. The maximum atomic E-state index is 5.89. The summed E-state index contributed by atoms with van der Waals surface area (Å²) in [6, 6.07) is 10.5. The predicted molar refractivity (Wildman–Crippen MR) is 62.7 cm³/mol. The minimum atomic E-state index is 0.245. The lowest BCUT2D eigenvalue weighted by atomic mass is 10.1. The summed E-state index contributed by atoms with van der Waals surface area (Å²) in [7, 11) is 0. The third-order valence-corrected chi connectivity index (χ3v) is 2.38. The van der Waals surface area contributed by atoms with Crippen molar-refractivity contribution in [3.8, 4) is 0 Å². The SMILES string of the molecule is C/C=C/CNC(CCl)c1ccccc1. The first kappa shape index (κ1) is 11.3. The summed E-state index contributed by atoms with van der Waals surface area (Å²) in [6.07, 6.45) is 4.12. The van der Waals surface area contributed by atoms with Gasteiger partial charge in [-0.15, -0.1) is 11.6 Å². The summed E-state index contributed by atoms with van der Waals surface area (Å²) in [4.78, 5) is 0. The van der Waals surface area contributed by atoms with E-state index < -0.39 is 0 Å². The average molecular weight is 210 g/mol. The van der Waals surface area contributed by atoms with Crippen molar-refractivity contribution in [3.63, 3.8) is 0 Å². The van der Waals surface area contributed by atoms with Crippen LogP contribution in [-0.4, -0.2) is 12.4 Å². The molecule has 14 heavy (non-hydrogen) atoms. The largest absolute Gasteiger partial charge is 0.305 e.